The number of hydrogen-bond acceptors (Lipinski definition) is 3. The number of hydrogen-bond donors (Lipinski definition) is 2. The summed E-state index contributed by atoms with van der Waals surface area (Å²) in [5, 5.41) is 6.76. The Morgan fingerprint density at radius 2 is 1.92 bits per heavy atom. The number of guanidine groups is 1. The number of nitrogens with zero attached hydrogens (tertiary/aromatic N) is 2. The molecule has 5 nitrogen and oxygen atoms in total. The molecule has 0 aliphatic heterocycles. The standard InChI is InChI=1S/C18H32N4O.HI/c1-14-8-9-15(16(10-14)23-7)11-20-17(19-4)21-12-18(2,3)13-22(5)6;/h8-10H,11-13H2,1-7H3,(H2,19,20,21);1H. The van der Waals surface area contributed by atoms with Crippen LogP contribution in [0.3, 0.4) is 0 Å². The van der Waals surface area contributed by atoms with Gasteiger partial charge in [-0.25, -0.2) is 0 Å². The number of ether oxygens (including phenoxy) is 1. The number of halogens is 1. The Bertz CT molecular complexity index is 530. The van der Waals surface area contributed by atoms with Crippen molar-refractivity contribution >= 4 is 29.9 Å². The summed E-state index contributed by atoms with van der Waals surface area (Å²) in [5.74, 6) is 1.71. The maximum absolute atomic E-state index is 5.44. The lowest BCUT2D eigenvalue weighted by molar-refractivity contribution is 0.241. The van der Waals surface area contributed by atoms with Crippen LogP contribution in [-0.2, 0) is 6.54 Å². The summed E-state index contributed by atoms with van der Waals surface area (Å²) >= 11 is 0. The molecule has 0 atom stereocenters. The van der Waals surface area contributed by atoms with E-state index >= 15 is 0 Å². The highest BCUT2D eigenvalue weighted by atomic mass is 127. The van der Waals surface area contributed by atoms with Crippen LogP contribution in [0, 0.1) is 12.3 Å². The highest BCUT2D eigenvalue weighted by Gasteiger charge is 2.19. The lowest BCUT2D eigenvalue weighted by Crippen LogP contribution is -2.44. The van der Waals surface area contributed by atoms with Gasteiger partial charge in [-0.15, -0.1) is 24.0 Å². The molecule has 0 aromatic heterocycles. The van der Waals surface area contributed by atoms with Gasteiger partial charge < -0.3 is 20.3 Å². The van der Waals surface area contributed by atoms with E-state index in [-0.39, 0.29) is 29.4 Å². The molecule has 138 valence electrons. The molecule has 1 aromatic carbocycles. The quantitative estimate of drug-likeness (QED) is 0.383. The van der Waals surface area contributed by atoms with Crippen LogP contribution >= 0.6 is 24.0 Å². The third kappa shape index (κ3) is 8.19. The third-order valence-corrected chi connectivity index (χ3v) is 3.59. The minimum absolute atomic E-state index is 0. The van der Waals surface area contributed by atoms with Crippen LogP contribution < -0.4 is 15.4 Å². The van der Waals surface area contributed by atoms with E-state index in [2.05, 4.69) is 67.5 Å². The Labute approximate surface area is 164 Å². The molecule has 1 rings (SSSR count). The second kappa shape index (κ2) is 10.8. The summed E-state index contributed by atoms with van der Waals surface area (Å²) < 4.78 is 5.44. The first-order chi connectivity index (χ1) is 10.8. The van der Waals surface area contributed by atoms with Gasteiger partial charge >= 0.3 is 0 Å². The van der Waals surface area contributed by atoms with E-state index in [0.717, 1.165) is 30.4 Å². The number of aliphatic imine (C=N–C) groups is 1. The molecule has 24 heavy (non-hydrogen) atoms. The highest BCUT2D eigenvalue weighted by Crippen LogP contribution is 2.19. The van der Waals surface area contributed by atoms with E-state index in [9.17, 15) is 0 Å². The van der Waals surface area contributed by atoms with Crippen LogP contribution in [0.4, 0.5) is 0 Å². The van der Waals surface area contributed by atoms with Crippen molar-refractivity contribution in [3.8, 4) is 5.75 Å². The molecular formula is C18H33IN4O. The van der Waals surface area contributed by atoms with Gasteiger partial charge in [-0.2, -0.15) is 0 Å². The Hall–Kier alpha value is -1.02. The third-order valence-electron chi connectivity index (χ3n) is 3.59. The molecule has 0 amide bonds. The zero-order valence-electron chi connectivity index (χ0n) is 16.1. The van der Waals surface area contributed by atoms with Gasteiger partial charge in [0.25, 0.3) is 0 Å². The van der Waals surface area contributed by atoms with Crippen molar-refractivity contribution in [2.24, 2.45) is 10.4 Å². The molecule has 0 aliphatic rings. The van der Waals surface area contributed by atoms with E-state index in [0.29, 0.717) is 6.54 Å². The average Bonchev–Trinajstić information content (AvgIpc) is 2.47. The number of nitrogens with one attached hydrogen (secondary N) is 2. The summed E-state index contributed by atoms with van der Waals surface area (Å²) in [4.78, 5) is 6.50. The van der Waals surface area contributed by atoms with E-state index < -0.39 is 0 Å². The van der Waals surface area contributed by atoms with Crippen LogP contribution in [0.2, 0.25) is 0 Å². The van der Waals surface area contributed by atoms with Crippen molar-refractivity contribution in [2.75, 3.05) is 41.3 Å². The molecular weight excluding hydrogens is 415 g/mol. The van der Waals surface area contributed by atoms with Gasteiger partial charge in [0, 0.05) is 32.2 Å². The summed E-state index contributed by atoms with van der Waals surface area (Å²) in [6.45, 7) is 9.11. The molecule has 0 aliphatic carbocycles. The van der Waals surface area contributed by atoms with Crippen LogP contribution in [-0.4, -0.2) is 52.2 Å². The number of benzene rings is 1. The fourth-order valence-corrected chi connectivity index (χ4v) is 2.63. The predicted octanol–water partition coefficient (Wildman–Crippen LogP) is 2.87. The van der Waals surface area contributed by atoms with Crippen molar-refractivity contribution in [3.05, 3.63) is 29.3 Å². The lowest BCUT2D eigenvalue weighted by Gasteiger charge is -2.29. The summed E-state index contributed by atoms with van der Waals surface area (Å²) in [7, 11) is 7.69. The Morgan fingerprint density at radius 3 is 2.46 bits per heavy atom. The molecule has 1 aromatic rings. The number of rotatable bonds is 7. The molecule has 0 bridgehead atoms. The fourth-order valence-electron chi connectivity index (χ4n) is 2.63. The average molecular weight is 448 g/mol. The molecule has 0 unspecified atom stereocenters. The molecule has 0 saturated carbocycles. The minimum atomic E-state index is 0. The largest absolute Gasteiger partial charge is 0.496 e. The maximum Gasteiger partial charge on any atom is 0.191 e. The van der Waals surface area contributed by atoms with Crippen molar-refractivity contribution in [1.29, 1.82) is 0 Å². The van der Waals surface area contributed by atoms with Gasteiger partial charge in [0.15, 0.2) is 5.96 Å². The van der Waals surface area contributed by atoms with Crippen LogP contribution in [0.5, 0.6) is 5.75 Å². The van der Waals surface area contributed by atoms with Crippen LogP contribution in [0.15, 0.2) is 23.2 Å². The van der Waals surface area contributed by atoms with Gasteiger partial charge in [0.05, 0.1) is 7.11 Å². The van der Waals surface area contributed by atoms with E-state index in [1.807, 2.05) is 6.07 Å². The highest BCUT2D eigenvalue weighted by molar-refractivity contribution is 14.0. The zero-order chi connectivity index (χ0) is 17.5. The first-order valence-electron chi connectivity index (χ1n) is 8.00. The van der Waals surface area contributed by atoms with Crippen LogP contribution in [0.25, 0.3) is 0 Å². The molecule has 0 radical (unpaired) electrons. The molecule has 0 spiro atoms. The minimum Gasteiger partial charge on any atom is -0.496 e. The molecule has 2 N–H and O–H groups in total. The van der Waals surface area contributed by atoms with Crippen molar-refractivity contribution in [1.82, 2.24) is 15.5 Å². The first-order valence-corrected chi connectivity index (χ1v) is 8.00. The summed E-state index contributed by atoms with van der Waals surface area (Å²) in [6, 6.07) is 6.23. The molecule has 0 heterocycles. The SMILES string of the molecule is CN=C(NCc1ccc(C)cc1OC)NCC(C)(C)CN(C)C.I. The predicted molar refractivity (Wildman–Crippen MR) is 114 cm³/mol. The second-order valence-electron chi connectivity index (χ2n) is 7.00. The van der Waals surface area contributed by atoms with Crippen molar-refractivity contribution < 1.29 is 4.74 Å². The molecule has 0 saturated heterocycles. The van der Waals surface area contributed by atoms with Crippen molar-refractivity contribution in [3.63, 3.8) is 0 Å². The molecule has 0 fully saturated rings. The Morgan fingerprint density at radius 1 is 1.25 bits per heavy atom. The lowest BCUT2D eigenvalue weighted by atomic mass is 9.93. The van der Waals surface area contributed by atoms with Gasteiger partial charge in [-0.05, 0) is 38.1 Å². The second-order valence-corrected chi connectivity index (χ2v) is 7.00. The Balaban J connectivity index is 0.00000529. The first kappa shape index (κ1) is 23.0. The molecule has 6 heteroatoms. The zero-order valence-corrected chi connectivity index (χ0v) is 18.4. The monoisotopic (exact) mass is 448 g/mol. The van der Waals surface area contributed by atoms with E-state index in [4.69, 9.17) is 4.74 Å². The van der Waals surface area contributed by atoms with Crippen LogP contribution in [0.1, 0.15) is 25.0 Å². The topological polar surface area (TPSA) is 48.9 Å². The Kier molecular flexibility index (Phi) is 10.3. The van der Waals surface area contributed by atoms with Gasteiger partial charge in [-0.3, -0.25) is 4.99 Å². The maximum atomic E-state index is 5.44. The van der Waals surface area contributed by atoms with Crippen molar-refractivity contribution in [2.45, 2.75) is 27.3 Å². The smallest absolute Gasteiger partial charge is 0.191 e. The summed E-state index contributed by atoms with van der Waals surface area (Å²) in [5.41, 5.74) is 2.48. The summed E-state index contributed by atoms with van der Waals surface area (Å²) in [6.07, 6.45) is 0. The number of methoxy groups -OCH3 is 1. The van der Waals surface area contributed by atoms with Gasteiger partial charge in [0.1, 0.15) is 5.75 Å². The van der Waals surface area contributed by atoms with Gasteiger partial charge in [0.2, 0.25) is 0 Å². The number of aryl methyl sites for hydroxylation is 1. The van der Waals surface area contributed by atoms with E-state index in [1.54, 1.807) is 14.2 Å². The van der Waals surface area contributed by atoms with Gasteiger partial charge in [-0.1, -0.05) is 26.0 Å². The van der Waals surface area contributed by atoms with E-state index in [1.165, 1.54) is 5.56 Å². The fraction of sp³-hybridized carbons (Fsp3) is 0.611. The normalized spacial score (nSPS) is 11.9.